The summed E-state index contributed by atoms with van der Waals surface area (Å²) >= 11 is 0. The summed E-state index contributed by atoms with van der Waals surface area (Å²) in [7, 11) is 0. The molecule has 1 aromatic carbocycles. The van der Waals surface area contributed by atoms with Crippen LogP contribution in [-0.4, -0.2) is 46.1 Å². The van der Waals surface area contributed by atoms with Crippen molar-refractivity contribution < 1.29 is 8.96 Å². The van der Waals surface area contributed by atoms with Crippen LogP contribution < -0.4 is 0 Å². The molecule has 1 heterocycles. The molecule has 0 spiro atoms. The van der Waals surface area contributed by atoms with Crippen molar-refractivity contribution in [1.29, 1.82) is 0 Å². The molecule has 0 bridgehead atoms. The van der Waals surface area contributed by atoms with Crippen molar-refractivity contribution >= 4 is 13.0 Å². The van der Waals surface area contributed by atoms with Gasteiger partial charge in [0.25, 0.3) is 0 Å². The van der Waals surface area contributed by atoms with Gasteiger partial charge >= 0.3 is 0 Å². The third kappa shape index (κ3) is 4.27. The van der Waals surface area contributed by atoms with Gasteiger partial charge in [0, 0.05) is 0 Å². The van der Waals surface area contributed by atoms with Crippen molar-refractivity contribution in [2.24, 2.45) is 0 Å². The van der Waals surface area contributed by atoms with Crippen molar-refractivity contribution in [3.63, 3.8) is 0 Å². The highest BCUT2D eigenvalue weighted by atomic mass is 15.0. The summed E-state index contributed by atoms with van der Waals surface area (Å²) < 4.78 is 5.35. The molecule has 0 radical (unpaired) electrons. The standard InChI is InChI=1S/C21H36B2N2/c1-16(2)24(17(3)4)22-14-15-23(25(18(5)6)19(7)8)21(22)20-12-10-9-11-13-20/h9-19,21H,1-8H3. The van der Waals surface area contributed by atoms with E-state index in [1.807, 2.05) is 0 Å². The van der Waals surface area contributed by atoms with Gasteiger partial charge in [0.2, 0.25) is 0 Å². The summed E-state index contributed by atoms with van der Waals surface area (Å²) in [5.41, 5.74) is 1.94. The van der Waals surface area contributed by atoms with Crippen molar-refractivity contribution in [1.82, 2.24) is 0 Å². The highest BCUT2D eigenvalue weighted by Gasteiger charge is 2.26. The van der Waals surface area contributed by atoms with Crippen LogP contribution in [0.3, 0.4) is 0 Å². The zero-order valence-electron chi connectivity index (χ0n) is 17.5. The van der Waals surface area contributed by atoms with Gasteiger partial charge in [0.05, 0.1) is 24.2 Å². The van der Waals surface area contributed by atoms with Gasteiger partial charge in [-0.1, -0.05) is 30.3 Å². The van der Waals surface area contributed by atoms with Crippen molar-refractivity contribution in [3.8, 4) is 0 Å². The van der Waals surface area contributed by atoms with Crippen LogP contribution in [0.4, 0.5) is 0 Å². The van der Waals surface area contributed by atoms with E-state index in [-0.39, 0.29) is 0 Å². The lowest BCUT2D eigenvalue weighted by Gasteiger charge is -2.35. The third-order valence-electron chi connectivity index (χ3n) is 5.50. The Morgan fingerprint density at radius 2 is 1.00 bits per heavy atom. The van der Waals surface area contributed by atoms with Gasteiger partial charge in [0.15, 0.2) is 13.0 Å². The molecule has 2 rings (SSSR count). The highest BCUT2D eigenvalue weighted by Crippen LogP contribution is 2.25. The molecule has 1 aliphatic rings. The average molecular weight is 338 g/mol. The number of hydrogen-bond acceptors (Lipinski definition) is 0. The maximum absolute atomic E-state index is 2.67. The Bertz CT molecular complexity index is 623. The third-order valence-corrected chi connectivity index (χ3v) is 5.50. The Morgan fingerprint density at radius 1 is 0.640 bits per heavy atom. The molecule has 2 nitrogen and oxygen atoms in total. The molecular formula is C21H36B2N2. The predicted octanol–water partition coefficient (Wildman–Crippen LogP) is 4.68. The number of hydrogen-bond donors (Lipinski definition) is 0. The summed E-state index contributed by atoms with van der Waals surface area (Å²) in [6, 6.07) is 13.3. The second-order valence-electron chi connectivity index (χ2n) is 8.57. The fraction of sp³-hybridized carbons (Fsp3) is 0.619. The van der Waals surface area contributed by atoms with Crippen LogP contribution in [0.2, 0.25) is 0 Å². The van der Waals surface area contributed by atoms with Gasteiger partial charge in [0.1, 0.15) is 0 Å². The Hall–Kier alpha value is -1.31. The molecular weight excluding hydrogens is 302 g/mol. The van der Waals surface area contributed by atoms with E-state index in [4.69, 9.17) is 0 Å². The fourth-order valence-electron chi connectivity index (χ4n) is 4.88. The zero-order valence-corrected chi connectivity index (χ0v) is 17.5. The molecule has 0 unspecified atom stereocenters. The number of nitrogens with zero attached hydrogens (tertiary/aromatic N) is 2. The Labute approximate surface area is 155 Å². The molecule has 4 heteroatoms. The van der Waals surface area contributed by atoms with Crippen LogP contribution in [0.25, 0.3) is 0 Å². The van der Waals surface area contributed by atoms with Gasteiger partial charge in [-0.15, -0.1) is 5.56 Å². The molecule has 1 aliphatic heterocycles. The van der Waals surface area contributed by atoms with Crippen molar-refractivity contribution in [2.75, 3.05) is 0 Å². The van der Waals surface area contributed by atoms with Crippen LogP contribution in [0.15, 0.2) is 42.3 Å². The van der Waals surface area contributed by atoms with Crippen LogP contribution in [0.5, 0.6) is 0 Å². The molecule has 0 saturated carbocycles. The second-order valence-corrected chi connectivity index (χ2v) is 8.57. The molecule has 0 amide bonds. The lowest BCUT2D eigenvalue weighted by molar-refractivity contribution is -0.581. The molecule has 136 valence electrons. The molecule has 0 aliphatic carbocycles. The van der Waals surface area contributed by atoms with Gasteiger partial charge in [-0.05, 0) is 55.4 Å². The Morgan fingerprint density at radius 3 is 1.32 bits per heavy atom. The normalized spacial score (nSPS) is 15.4. The minimum atomic E-state index is 0.451. The van der Waals surface area contributed by atoms with Gasteiger partial charge in [-0.2, -0.15) is 5.72 Å². The van der Waals surface area contributed by atoms with E-state index in [9.17, 15) is 0 Å². The predicted molar refractivity (Wildman–Crippen MR) is 111 cm³/mol. The van der Waals surface area contributed by atoms with E-state index in [2.05, 4.69) is 107 Å². The van der Waals surface area contributed by atoms with E-state index in [0.29, 0.717) is 42.9 Å². The lowest BCUT2D eigenvalue weighted by atomic mass is 9.42. The van der Waals surface area contributed by atoms with E-state index in [1.54, 1.807) is 0 Å². The SMILES string of the molecule is CC(C)[N+](=[B-]1C=C[B-](=[N+](C(C)C)C(C)C)C1c1ccccc1)C(C)C. The molecule has 0 atom stereocenters. The average Bonchev–Trinajstić information content (AvgIpc) is 2.90. The summed E-state index contributed by atoms with van der Waals surface area (Å²) in [6.07, 6.45) is 0. The van der Waals surface area contributed by atoms with Gasteiger partial charge in [-0.3, -0.25) is 0 Å². The Kier molecular flexibility index (Phi) is 6.71. The minimum absolute atomic E-state index is 0.451. The fourth-order valence-corrected chi connectivity index (χ4v) is 4.88. The highest BCUT2D eigenvalue weighted by molar-refractivity contribution is 6.76. The lowest BCUT2D eigenvalue weighted by Crippen LogP contribution is -2.41. The van der Waals surface area contributed by atoms with Crippen LogP contribution in [0.1, 0.15) is 66.7 Å². The first kappa shape index (κ1) is 20.0. The molecule has 0 fully saturated rings. The van der Waals surface area contributed by atoms with E-state index in [1.165, 1.54) is 5.56 Å². The molecule has 25 heavy (non-hydrogen) atoms. The van der Waals surface area contributed by atoms with Gasteiger partial charge < -0.3 is 8.96 Å². The summed E-state index contributed by atoms with van der Waals surface area (Å²) in [6.45, 7) is 19.5. The van der Waals surface area contributed by atoms with Crippen LogP contribution >= 0.6 is 0 Å². The Balaban J connectivity index is 2.76. The second kappa shape index (κ2) is 8.38. The van der Waals surface area contributed by atoms with Crippen LogP contribution in [-0.2, 0) is 0 Å². The maximum Gasteiger partial charge on any atom is 0.159 e. The smallest absolute Gasteiger partial charge is 0.159 e. The minimum Gasteiger partial charge on any atom is -0.493 e. The molecule has 0 saturated heterocycles. The number of benzene rings is 1. The number of rotatable bonds is 5. The monoisotopic (exact) mass is 338 g/mol. The van der Waals surface area contributed by atoms with E-state index >= 15 is 0 Å². The summed E-state index contributed by atoms with van der Waals surface area (Å²) in [5.74, 6) is 4.94. The van der Waals surface area contributed by atoms with Gasteiger partial charge in [-0.25, -0.2) is 12.0 Å². The van der Waals surface area contributed by atoms with Crippen molar-refractivity contribution in [3.05, 3.63) is 47.8 Å². The first-order valence-corrected chi connectivity index (χ1v) is 10.0. The first-order chi connectivity index (χ1) is 11.8. The zero-order chi connectivity index (χ0) is 18.7. The topological polar surface area (TPSA) is 6.02 Å². The summed E-state index contributed by atoms with van der Waals surface area (Å²) in [4.78, 5) is 0. The van der Waals surface area contributed by atoms with Crippen LogP contribution in [0, 0.1) is 0 Å². The van der Waals surface area contributed by atoms with E-state index in [0.717, 1.165) is 0 Å². The quantitative estimate of drug-likeness (QED) is 0.688. The van der Waals surface area contributed by atoms with Crippen molar-refractivity contribution in [2.45, 2.75) is 85.3 Å². The maximum atomic E-state index is 2.67. The summed E-state index contributed by atoms with van der Waals surface area (Å²) in [5, 5.41) is 0. The largest absolute Gasteiger partial charge is 0.493 e. The van der Waals surface area contributed by atoms with E-state index < -0.39 is 0 Å². The molecule has 0 N–H and O–H groups in total. The molecule has 1 aromatic rings. The molecule has 0 aromatic heterocycles. The first-order valence-electron chi connectivity index (χ1n) is 10.0.